The first-order chi connectivity index (χ1) is 24.8. The van der Waals surface area contributed by atoms with Crippen molar-refractivity contribution >= 4 is 38.8 Å². The lowest BCUT2D eigenvalue weighted by molar-refractivity contribution is 0.787. The Bertz CT molecular complexity index is 2430. The Balaban J connectivity index is 1.06. The highest BCUT2D eigenvalue weighted by Gasteiger charge is 2.21. The van der Waals surface area contributed by atoms with Crippen molar-refractivity contribution in [3.8, 4) is 27.9 Å². The molecular formula is C48H36N2. The van der Waals surface area contributed by atoms with Gasteiger partial charge in [0.05, 0.1) is 17.1 Å². The van der Waals surface area contributed by atoms with Crippen LogP contribution in [0.4, 0.5) is 11.4 Å². The highest BCUT2D eigenvalue weighted by atomic mass is 15.2. The van der Waals surface area contributed by atoms with Gasteiger partial charge in [-0.05, 0) is 88.3 Å². The smallest absolute Gasteiger partial charge is 0.0560 e. The zero-order valence-electron chi connectivity index (χ0n) is 27.7. The molecule has 1 unspecified atom stereocenters. The summed E-state index contributed by atoms with van der Waals surface area (Å²) in [5, 5.41) is 2.55. The van der Waals surface area contributed by atoms with E-state index in [0.717, 1.165) is 12.1 Å². The summed E-state index contributed by atoms with van der Waals surface area (Å²) < 4.78 is 2.38. The van der Waals surface area contributed by atoms with Crippen molar-refractivity contribution in [2.24, 2.45) is 0 Å². The first-order valence-corrected chi connectivity index (χ1v) is 17.4. The summed E-state index contributed by atoms with van der Waals surface area (Å²) in [5.41, 5.74) is 13.3. The van der Waals surface area contributed by atoms with Crippen LogP contribution in [-0.2, 0) is 0 Å². The van der Waals surface area contributed by atoms with Gasteiger partial charge in [-0.15, -0.1) is 0 Å². The summed E-state index contributed by atoms with van der Waals surface area (Å²) in [6.07, 6.45) is 7.93. The fourth-order valence-corrected chi connectivity index (χ4v) is 7.46. The number of para-hydroxylation sites is 2. The number of fused-ring (bicyclic) bond motifs is 3. The lowest BCUT2D eigenvalue weighted by atomic mass is 9.95. The van der Waals surface area contributed by atoms with E-state index in [1.165, 1.54) is 66.6 Å². The van der Waals surface area contributed by atoms with E-state index in [1.54, 1.807) is 0 Å². The van der Waals surface area contributed by atoms with Crippen LogP contribution < -0.4 is 4.90 Å². The molecule has 2 nitrogen and oxygen atoms in total. The van der Waals surface area contributed by atoms with Crippen molar-refractivity contribution in [3.05, 3.63) is 206 Å². The summed E-state index contributed by atoms with van der Waals surface area (Å²) >= 11 is 0. The predicted molar refractivity (Wildman–Crippen MR) is 212 cm³/mol. The Kier molecular flexibility index (Phi) is 7.68. The molecule has 0 spiro atoms. The van der Waals surface area contributed by atoms with Gasteiger partial charge >= 0.3 is 0 Å². The maximum Gasteiger partial charge on any atom is 0.0560 e. The predicted octanol–water partition coefficient (Wildman–Crippen LogP) is 12.7. The minimum Gasteiger partial charge on any atom is -0.334 e. The summed E-state index contributed by atoms with van der Waals surface area (Å²) in [5.74, 6) is 0. The number of anilines is 2. The molecule has 7 aromatic carbocycles. The monoisotopic (exact) mass is 640 g/mol. The molecule has 1 atom stereocenters. The van der Waals surface area contributed by atoms with E-state index >= 15 is 0 Å². The van der Waals surface area contributed by atoms with E-state index in [9.17, 15) is 0 Å². The molecule has 0 bridgehead atoms. The van der Waals surface area contributed by atoms with Crippen LogP contribution in [0.1, 0.15) is 12.0 Å². The van der Waals surface area contributed by atoms with Crippen molar-refractivity contribution in [2.75, 3.05) is 4.90 Å². The highest BCUT2D eigenvalue weighted by Crippen LogP contribution is 2.37. The SMILES string of the molecule is C1=CC(N(c2ccc(-c3ccccc3)cc2)c2ccc(-c3cccc(-n4c5ccccc5c5ccccc54)c3)cc2)CC=C1c1ccccc1. The fraction of sp³-hybridized carbons (Fsp3) is 0.0417. The van der Waals surface area contributed by atoms with Crippen LogP contribution in [0.15, 0.2) is 200 Å². The number of hydrogen-bond acceptors (Lipinski definition) is 1. The third-order valence-corrected chi connectivity index (χ3v) is 9.93. The standard InChI is InChI=1S/C48H36N2/c1-3-12-35(13-4-1)37-22-28-41(29-23-37)49(42-30-24-38(25-31-42)36-14-5-2-6-15-36)43-32-26-39(27-33-43)40-16-11-17-44(34-40)50-47-20-9-7-18-45(47)46-19-8-10-21-48(46)50/h1-30,32-34,42H,31H2. The molecule has 50 heavy (non-hydrogen) atoms. The Morgan fingerprint density at radius 1 is 0.440 bits per heavy atom. The van der Waals surface area contributed by atoms with Gasteiger partial charge in [-0.2, -0.15) is 0 Å². The molecule has 1 aliphatic rings. The Morgan fingerprint density at radius 3 is 1.52 bits per heavy atom. The normalized spacial score (nSPS) is 14.2. The van der Waals surface area contributed by atoms with Crippen LogP contribution >= 0.6 is 0 Å². The van der Waals surface area contributed by atoms with Crippen molar-refractivity contribution in [1.29, 1.82) is 0 Å². The largest absolute Gasteiger partial charge is 0.334 e. The van der Waals surface area contributed by atoms with Gasteiger partial charge in [-0.25, -0.2) is 0 Å². The quantitative estimate of drug-likeness (QED) is 0.168. The molecule has 9 rings (SSSR count). The fourth-order valence-electron chi connectivity index (χ4n) is 7.46. The molecule has 0 radical (unpaired) electrons. The second-order valence-electron chi connectivity index (χ2n) is 12.9. The number of hydrogen-bond donors (Lipinski definition) is 0. The zero-order valence-corrected chi connectivity index (χ0v) is 27.7. The lowest BCUT2D eigenvalue weighted by Gasteiger charge is -2.33. The van der Waals surface area contributed by atoms with E-state index in [-0.39, 0.29) is 6.04 Å². The van der Waals surface area contributed by atoms with Gasteiger partial charge in [0.1, 0.15) is 0 Å². The first kappa shape index (κ1) is 29.7. The van der Waals surface area contributed by atoms with Crippen LogP contribution in [-0.4, -0.2) is 10.6 Å². The maximum atomic E-state index is 2.47. The van der Waals surface area contributed by atoms with E-state index in [0.29, 0.717) is 0 Å². The van der Waals surface area contributed by atoms with Gasteiger partial charge in [-0.3, -0.25) is 0 Å². The van der Waals surface area contributed by atoms with Gasteiger partial charge in [0.25, 0.3) is 0 Å². The molecule has 0 saturated carbocycles. The summed E-state index contributed by atoms with van der Waals surface area (Å²) in [6, 6.07) is 65.8. The summed E-state index contributed by atoms with van der Waals surface area (Å²) in [6.45, 7) is 0. The Morgan fingerprint density at radius 2 is 0.940 bits per heavy atom. The average Bonchev–Trinajstić information content (AvgIpc) is 3.54. The molecule has 2 heteroatoms. The second-order valence-corrected chi connectivity index (χ2v) is 12.9. The van der Waals surface area contributed by atoms with Crippen molar-refractivity contribution in [1.82, 2.24) is 4.57 Å². The van der Waals surface area contributed by atoms with Crippen molar-refractivity contribution in [2.45, 2.75) is 12.5 Å². The molecule has 0 N–H and O–H groups in total. The molecule has 8 aromatic rings. The molecule has 238 valence electrons. The van der Waals surface area contributed by atoms with E-state index in [2.05, 4.69) is 210 Å². The molecule has 0 saturated heterocycles. The minimum atomic E-state index is 0.189. The van der Waals surface area contributed by atoms with E-state index < -0.39 is 0 Å². The van der Waals surface area contributed by atoms with E-state index in [1.807, 2.05) is 0 Å². The van der Waals surface area contributed by atoms with Gasteiger partial charge in [0, 0.05) is 27.8 Å². The molecule has 0 amide bonds. The number of nitrogens with zero attached hydrogens (tertiary/aromatic N) is 2. The zero-order chi connectivity index (χ0) is 33.3. The third kappa shape index (κ3) is 5.51. The first-order valence-electron chi connectivity index (χ1n) is 17.4. The van der Waals surface area contributed by atoms with E-state index in [4.69, 9.17) is 0 Å². The van der Waals surface area contributed by atoms with Gasteiger partial charge in [0.15, 0.2) is 0 Å². The highest BCUT2D eigenvalue weighted by molar-refractivity contribution is 6.09. The van der Waals surface area contributed by atoms with Crippen LogP contribution in [0.3, 0.4) is 0 Å². The van der Waals surface area contributed by atoms with Crippen LogP contribution in [0.2, 0.25) is 0 Å². The number of rotatable bonds is 7. The Hall–Kier alpha value is -6.38. The van der Waals surface area contributed by atoms with Crippen LogP contribution in [0.25, 0.3) is 55.3 Å². The minimum absolute atomic E-state index is 0.189. The second kappa shape index (κ2) is 12.9. The molecule has 0 fully saturated rings. The third-order valence-electron chi connectivity index (χ3n) is 9.93. The summed E-state index contributed by atoms with van der Waals surface area (Å²) in [7, 11) is 0. The number of benzene rings is 7. The summed E-state index contributed by atoms with van der Waals surface area (Å²) in [4.78, 5) is 2.47. The van der Waals surface area contributed by atoms with Gasteiger partial charge in [-0.1, -0.05) is 152 Å². The van der Waals surface area contributed by atoms with Crippen molar-refractivity contribution < 1.29 is 0 Å². The maximum absolute atomic E-state index is 2.47. The molecule has 1 aromatic heterocycles. The molecule has 1 heterocycles. The van der Waals surface area contributed by atoms with Crippen LogP contribution in [0, 0.1) is 0 Å². The van der Waals surface area contributed by atoms with Gasteiger partial charge < -0.3 is 9.47 Å². The van der Waals surface area contributed by atoms with Crippen molar-refractivity contribution in [3.63, 3.8) is 0 Å². The topological polar surface area (TPSA) is 8.17 Å². The molecule has 1 aliphatic carbocycles. The van der Waals surface area contributed by atoms with Gasteiger partial charge in [0.2, 0.25) is 0 Å². The number of aromatic nitrogens is 1. The molecular weight excluding hydrogens is 605 g/mol. The molecule has 0 aliphatic heterocycles. The lowest BCUT2D eigenvalue weighted by Crippen LogP contribution is -2.30. The Labute approximate surface area is 293 Å². The van der Waals surface area contributed by atoms with Crippen LogP contribution in [0.5, 0.6) is 0 Å². The average molecular weight is 641 g/mol. The number of allylic oxidation sites excluding steroid dienone is 2.